The highest BCUT2D eigenvalue weighted by molar-refractivity contribution is 5.33. The Morgan fingerprint density at radius 3 is 0.955 bits per heavy atom. The molecule has 1 aromatic rings. The zero-order valence-corrected chi connectivity index (χ0v) is 9.43. The van der Waals surface area contributed by atoms with Crippen LogP contribution in [0.4, 0.5) is 52.7 Å². The van der Waals surface area contributed by atoms with Gasteiger partial charge in [0.1, 0.15) is 5.56 Å². The first kappa shape index (κ1) is 18.3. The van der Waals surface area contributed by atoms with Gasteiger partial charge in [-0.05, 0) is 0 Å². The van der Waals surface area contributed by atoms with Gasteiger partial charge in [-0.2, -0.15) is 52.7 Å². The van der Waals surface area contributed by atoms with Crippen molar-refractivity contribution in [3.8, 4) is 0 Å². The Kier molecular flexibility index (Phi) is 4.05. The number of aromatic nitrogens is 2. The van der Waals surface area contributed by atoms with E-state index in [4.69, 9.17) is 0 Å². The molecule has 0 radical (unpaired) electrons. The van der Waals surface area contributed by atoms with Crippen LogP contribution in [-0.2, 0) is 24.7 Å². The molecule has 22 heavy (non-hydrogen) atoms. The third-order valence-corrected chi connectivity index (χ3v) is 1.98. The third kappa shape index (κ3) is 3.71. The summed E-state index contributed by atoms with van der Waals surface area (Å²) >= 11 is 0. The van der Waals surface area contributed by atoms with Crippen molar-refractivity contribution in [2.24, 2.45) is 0 Å². The Morgan fingerprint density at radius 2 is 0.773 bits per heavy atom. The second kappa shape index (κ2) is 4.87. The SMILES string of the molecule is FC(F)(F)c1nc(C(F)(F)F)c(C(F)(F)F)c(C(F)(F)F)n1. The summed E-state index contributed by atoms with van der Waals surface area (Å²) in [5.41, 5.74) is -10.2. The first-order chi connectivity index (χ1) is 9.45. The van der Waals surface area contributed by atoms with E-state index in [9.17, 15) is 52.7 Å². The molecule has 0 unspecified atom stereocenters. The van der Waals surface area contributed by atoms with Crippen LogP contribution in [0.1, 0.15) is 22.8 Å². The maximum Gasteiger partial charge on any atom is 0.451 e. The van der Waals surface area contributed by atoms with Crippen molar-refractivity contribution >= 4 is 0 Å². The summed E-state index contributed by atoms with van der Waals surface area (Å²) < 4.78 is 148. The summed E-state index contributed by atoms with van der Waals surface area (Å²) in [5, 5.41) is 0. The van der Waals surface area contributed by atoms with Crippen molar-refractivity contribution in [1.29, 1.82) is 0 Å². The fraction of sp³-hybridized carbons (Fsp3) is 0.500. The van der Waals surface area contributed by atoms with Crippen molar-refractivity contribution in [3.63, 3.8) is 0 Å². The summed E-state index contributed by atoms with van der Waals surface area (Å²) in [4.78, 5) is 3.15. The molecule has 2 nitrogen and oxygen atoms in total. The lowest BCUT2D eigenvalue weighted by molar-refractivity contribution is -0.183. The monoisotopic (exact) mass is 352 g/mol. The minimum absolute atomic E-state index is 1.57. The maximum absolute atomic E-state index is 12.4. The Labute approximate surface area is 111 Å². The van der Waals surface area contributed by atoms with Crippen LogP contribution >= 0.6 is 0 Å². The van der Waals surface area contributed by atoms with Crippen LogP contribution in [0.15, 0.2) is 0 Å². The summed E-state index contributed by atoms with van der Waals surface area (Å²) in [6, 6.07) is 0. The smallest absolute Gasteiger partial charge is 0.219 e. The average Bonchev–Trinajstić information content (AvgIpc) is 2.22. The van der Waals surface area contributed by atoms with Gasteiger partial charge < -0.3 is 0 Å². The predicted molar refractivity (Wildman–Crippen MR) is 42.0 cm³/mol. The molecule has 1 rings (SSSR count). The highest BCUT2D eigenvalue weighted by Crippen LogP contribution is 2.46. The minimum Gasteiger partial charge on any atom is -0.219 e. The van der Waals surface area contributed by atoms with E-state index in [2.05, 4.69) is 0 Å². The lowest BCUT2D eigenvalue weighted by atomic mass is 10.1. The maximum atomic E-state index is 12.4. The van der Waals surface area contributed by atoms with Crippen LogP contribution in [0, 0.1) is 0 Å². The summed E-state index contributed by atoms with van der Waals surface area (Å²) in [7, 11) is 0. The number of nitrogens with zero attached hydrogens (tertiary/aromatic N) is 2. The van der Waals surface area contributed by atoms with Gasteiger partial charge in [0.25, 0.3) is 0 Å². The highest BCUT2D eigenvalue weighted by Gasteiger charge is 2.54. The fourth-order valence-corrected chi connectivity index (χ4v) is 1.27. The lowest BCUT2D eigenvalue weighted by Crippen LogP contribution is -2.29. The van der Waals surface area contributed by atoms with Gasteiger partial charge in [0.2, 0.25) is 5.82 Å². The molecule has 1 aromatic heterocycles. The Morgan fingerprint density at radius 1 is 0.455 bits per heavy atom. The molecule has 0 N–H and O–H groups in total. The molecule has 0 aromatic carbocycles. The van der Waals surface area contributed by atoms with E-state index in [1.165, 1.54) is 0 Å². The topological polar surface area (TPSA) is 25.8 Å². The van der Waals surface area contributed by atoms with E-state index in [1.807, 2.05) is 0 Å². The summed E-state index contributed by atoms with van der Waals surface area (Å²) in [6.07, 6.45) is -24.6. The minimum atomic E-state index is -6.28. The number of hydrogen-bond acceptors (Lipinski definition) is 2. The summed E-state index contributed by atoms with van der Waals surface area (Å²) in [5.74, 6) is -2.99. The van der Waals surface area contributed by atoms with Crippen molar-refractivity contribution in [2.75, 3.05) is 0 Å². The van der Waals surface area contributed by atoms with Gasteiger partial charge in [0.05, 0.1) is 0 Å². The Bertz CT molecular complexity index is 525. The zero-order chi connectivity index (χ0) is 17.7. The lowest BCUT2D eigenvalue weighted by Gasteiger charge is -2.20. The van der Waals surface area contributed by atoms with Crippen molar-refractivity contribution in [3.05, 3.63) is 22.8 Å². The number of halogens is 12. The molecule has 0 aliphatic rings. The van der Waals surface area contributed by atoms with E-state index in [1.54, 1.807) is 9.97 Å². The molecular weight excluding hydrogens is 352 g/mol. The summed E-state index contributed by atoms with van der Waals surface area (Å²) in [6.45, 7) is 0. The molecule has 0 amide bonds. The van der Waals surface area contributed by atoms with Gasteiger partial charge in [0.15, 0.2) is 11.4 Å². The second-order valence-corrected chi connectivity index (χ2v) is 3.61. The van der Waals surface area contributed by atoms with Gasteiger partial charge in [-0.1, -0.05) is 0 Å². The molecule has 0 saturated carbocycles. The fourth-order valence-electron chi connectivity index (χ4n) is 1.27. The van der Waals surface area contributed by atoms with E-state index >= 15 is 0 Å². The normalized spacial score (nSPS) is 14.4. The molecule has 0 atom stereocenters. The molecule has 0 fully saturated rings. The molecular formula is C8F12N2. The van der Waals surface area contributed by atoms with Crippen molar-refractivity contribution < 1.29 is 52.7 Å². The first-order valence-corrected chi connectivity index (χ1v) is 4.66. The number of alkyl halides is 12. The molecule has 0 spiro atoms. The Balaban J connectivity index is 3.96. The molecule has 0 aliphatic carbocycles. The molecule has 126 valence electrons. The van der Waals surface area contributed by atoms with Gasteiger partial charge in [-0.15, -0.1) is 0 Å². The first-order valence-electron chi connectivity index (χ1n) is 4.66. The van der Waals surface area contributed by atoms with Gasteiger partial charge in [-0.3, -0.25) is 0 Å². The van der Waals surface area contributed by atoms with Crippen LogP contribution in [0.5, 0.6) is 0 Å². The molecule has 0 bridgehead atoms. The molecule has 14 heteroatoms. The molecule has 0 aliphatic heterocycles. The predicted octanol–water partition coefficient (Wildman–Crippen LogP) is 4.55. The van der Waals surface area contributed by atoms with Crippen LogP contribution in [0.25, 0.3) is 0 Å². The van der Waals surface area contributed by atoms with E-state index in [0.29, 0.717) is 0 Å². The van der Waals surface area contributed by atoms with E-state index in [0.717, 1.165) is 0 Å². The third-order valence-electron chi connectivity index (χ3n) is 1.98. The van der Waals surface area contributed by atoms with Crippen LogP contribution < -0.4 is 0 Å². The largest absolute Gasteiger partial charge is 0.451 e. The Hall–Kier alpha value is -1.76. The zero-order valence-electron chi connectivity index (χ0n) is 9.43. The van der Waals surface area contributed by atoms with Gasteiger partial charge in [-0.25, -0.2) is 9.97 Å². The number of hydrogen-bond donors (Lipinski definition) is 0. The van der Waals surface area contributed by atoms with E-state index in [-0.39, 0.29) is 0 Å². The van der Waals surface area contributed by atoms with Gasteiger partial charge >= 0.3 is 24.7 Å². The van der Waals surface area contributed by atoms with Crippen LogP contribution in [0.2, 0.25) is 0 Å². The van der Waals surface area contributed by atoms with Gasteiger partial charge in [0, 0.05) is 0 Å². The molecule has 1 heterocycles. The van der Waals surface area contributed by atoms with Crippen molar-refractivity contribution in [2.45, 2.75) is 24.7 Å². The van der Waals surface area contributed by atoms with Crippen LogP contribution in [0.3, 0.4) is 0 Å². The average molecular weight is 352 g/mol. The second-order valence-electron chi connectivity index (χ2n) is 3.61. The van der Waals surface area contributed by atoms with Crippen LogP contribution in [-0.4, -0.2) is 9.97 Å². The van der Waals surface area contributed by atoms with E-state index < -0.39 is 47.5 Å². The standard InChI is InChI=1S/C8F12N2/c9-5(10,11)1-2(6(12,13)14)21-4(8(18,19)20)22-3(1)7(15,16)17. The molecule has 0 saturated heterocycles. The highest BCUT2D eigenvalue weighted by atomic mass is 19.4. The number of rotatable bonds is 0. The quantitative estimate of drug-likeness (QED) is 0.640. The van der Waals surface area contributed by atoms with Crippen molar-refractivity contribution in [1.82, 2.24) is 9.97 Å².